The number of rotatable bonds is 2. The van der Waals surface area contributed by atoms with Gasteiger partial charge in [-0.3, -0.25) is 0 Å². The summed E-state index contributed by atoms with van der Waals surface area (Å²) >= 11 is 0. The lowest BCUT2D eigenvalue weighted by atomic mass is 9.85. The van der Waals surface area contributed by atoms with Crippen LogP contribution in [0.1, 0.15) is 26.0 Å². The molecular formula is C11H12F4N4. The summed E-state index contributed by atoms with van der Waals surface area (Å²) in [4.78, 5) is 3.62. The van der Waals surface area contributed by atoms with Crippen LogP contribution in [0.3, 0.4) is 0 Å². The van der Waals surface area contributed by atoms with Crippen LogP contribution in [0, 0.1) is 5.82 Å². The largest absolute Gasteiger partial charge is 0.390 e. The molecule has 19 heavy (non-hydrogen) atoms. The van der Waals surface area contributed by atoms with Crippen LogP contribution in [-0.4, -0.2) is 20.8 Å². The van der Waals surface area contributed by atoms with E-state index >= 15 is 0 Å². The molecule has 0 fully saturated rings. The first kappa shape index (κ1) is 13.6. The highest BCUT2D eigenvalue weighted by Crippen LogP contribution is 2.37. The van der Waals surface area contributed by atoms with Gasteiger partial charge in [0.25, 0.3) is 0 Å². The van der Waals surface area contributed by atoms with Crippen LogP contribution in [0.25, 0.3) is 5.52 Å². The van der Waals surface area contributed by atoms with Gasteiger partial charge in [0, 0.05) is 5.41 Å². The number of nitrogens with two attached hydrogens (primary N) is 1. The van der Waals surface area contributed by atoms with Gasteiger partial charge in [-0.05, 0) is 6.07 Å². The van der Waals surface area contributed by atoms with Gasteiger partial charge in [0.2, 0.25) is 5.95 Å². The van der Waals surface area contributed by atoms with E-state index in [0.717, 1.165) is 16.8 Å². The molecule has 2 rings (SSSR count). The van der Waals surface area contributed by atoms with E-state index in [2.05, 4.69) is 10.1 Å². The van der Waals surface area contributed by atoms with Crippen molar-refractivity contribution in [3.63, 3.8) is 0 Å². The Morgan fingerprint density at radius 1 is 1.32 bits per heavy atom. The smallest absolute Gasteiger partial charge is 0.367 e. The molecule has 0 spiro atoms. The molecule has 2 aromatic rings. The molecule has 2 aromatic heterocycles. The first-order valence-corrected chi connectivity index (χ1v) is 5.47. The Labute approximate surface area is 106 Å². The monoisotopic (exact) mass is 276 g/mol. The van der Waals surface area contributed by atoms with E-state index in [-0.39, 0.29) is 17.2 Å². The highest BCUT2D eigenvalue weighted by Gasteiger charge is 2.39. The number of hydrogen-bond acceptors (Lipinski definition) is 3. The second kappa shape index (κ2) is 4.07. The molecule has 0 bridgehead atoms. The van der Waals surface area contributed by atoms with Crippen molar-refractivity contribution in [2.24, 2.45) is 0 Å². The summed E-state index contributed by atoms with van der Waals surface area (Å²) in [5.74, 6) is -0.808. The number of alkyl halides is 3. The molecule has 0 amide bonds. The van der Waals surface area contributed by atoms with Crippen LogP contribution in [0.15, 0.2) is 12.3 Å². The van der Waals surface area contributed by atoms with E-state index in [1.807, 2.05) is 0 Å². The molecule has 0 atom stereocenters. The zero-order chi connectivity index (χ0) is 14.4. The number of anilines is 1. The molecule has 0 aliphatic heterocycles. The molecule has 8 heteroatoms. The molecule has 0 aliphatic carbocycles. The summed E-state index contributed by atoms with van der Waals surface area (Å²) in [6.07, 6.45) is -4.30. The maximum Gasteiger partial charge on any atom is 0.390 e. The summed E-state index contributed by atoms with van der Waals surface area (Å²) in [6, 6.07) is 1.04. The zero-order valence-electron chi connectivity index (χ0n) is 10.3. The van der Waals surface area contributed by atoms with Gasteiger partial charge >= 0.3 is 6.18 Å². The topological polar surface area (TPSA) is 56.2 Å². The van der Waals surface area contributed by atoms with Gasteiger partial charge in [0.15, 0.2) is 5.82 Å². The number of halogens is 4. The third-order valence-corrected chi connectivity index (χ3v) is 2.82. The highest BCUT2D eigenvalue weighted by atomic mass is 19.4. The Hall–Kier alpha value is -1.86. The summed E-state index contributed by atoms with van der Waals surface area (Å²) in [6.45, 7) is 2.75. The number of hydrogen-bond donors (Lipinski definition) is 1. The zero-order valence-corrected chi connectivity index (χ0v) is 10.3. The fraction of sp³-hybridized carbons (Fsp3) is 0.455. The average molecular weight is 276 g/mol. The normalized spacial score (nSPS) is 13.2. The summed E-state index contributed by atoms with van der Waals surface area (Å²) in [7, 11) is 0. The number of nitrogens with zero attached hydrogens (tertiary/aromatic N) is 3. The lowest BCUT2D eigenvalue weighted by Gasteiger charge is -2.25. The van der Waals surface area contributed by atoms with Gasteiger partial charge in [-0.1, -0.05) is 13.8 Å². The quantitative estimate of drug-likeness (QED) is 0.858. The molecule has 104 valence electrons. The van der Waals surface area contributed by atoms with Crippen LogP contribution in [-0.2, 0) is 5.41 Å². The second-order valence-corrected chi connectivity index (χ2v) is 4.97. The van der Waals surface area contributed by atoms with E-state index in [9.17, 15) is 17.6 Å². The van der Waals surface area contributed by atoms with Crippen molar-refractivity contribution in [1.82, 2.24) is 14.6 Å². The Kier molecular flexibility index (Phi) is 2.91. The Morgan fingerprint density at radius 2 is 1.95 bits per heavy atom. The maximum atomic E-state index is 13.7. The Balaban J connectivity index is 2.59. The van der Waals surface area contributed by atoms with Crippen LogP contribution < -0.4 is 5.73 Å². The van der Waals surface area contributed by atoms with Gasteiger partial charge in [0.1, 0.15) is 5.52 Å². The van der Waals surface area contributed by atoms with Crippen molar-refractivity contribution < 1.29 is 17.6 Å². The lowest BCUT2D eigenvalue weighted by molar-refractivity contribution is -0.146. The standard InChI is InChI=1S/C11H12F4N4/c1-10(2,5-11(13,14)15)8-3-6(12)7-4-17-9(16)18-19(7)8/h3-4H,5H2,1-2H3,(H2,16,18). The third kappa shape index (κ3) is 2.61. The van der Waals surface area contributed by atoms with Crippen LogP contribution in [0.2, 0.25) is 0 Å². The van der Waals surface area contributed by atoms with E-state index in [0.29, 0.717) is 0 Å². The van der Waals surface area contributed by atoms with Crippen LogP contribution >= 0.6 is 0 Å². The highest BCUT2D eigenvalue weighted by molar-refractivity contribution is 5.50. The van der Waals surface area contributed by atoms with Crippen LogP contribution in [0.4, 0.5) is 23.5 Å². The molecule has 0 unspecified atom stereocenters. The van der Waals surface area contributed by atoms with Gasteiger partial charge in [0.05, 0.1) is 18.3 Å². The second-order valence-electron chi connectivity index (χ2n) is 4.97. The predicted octanol–water partition coefficient (Wildman–Crippen LogP) is 2.68. The molecule has 0 aromatic carbocycles. The van der Waals surface area contributed by atoms with E-state index < -0.39 is 23.8 Å². The van der Waals surface area contributed by atoms with E-state index in [1.165, 1.54) is 13.8 Å². The number of fused-ring (bicyclic) bond motifs is 1. The van der Waals surface area contributed by atoms with Gasteiger partial charge in [-0.15, -0.1) is 5.10 Å². The van der Waals surface area contributed by atoms with Crippen molar-refractivity contribution >= 4 is 11.5 Å². The average Bonchev–Trinajstić information content (AvgIpc) is 2.52. The van der Waals surface area contributed by atoms with Crippen molar-refractivity contribution in [2.45, 2.75) is 31.9 Å². The van der Waals surface area contributed by atoms with E-state index in [1.54, 1.807) is 0 Å². The molecular weight excluding hydrogens is 264 g/mol. The van der Waals surface area contributed by atoms with Crippen molar-refractivity contribution in [1.29, 1.82) is 0 Å². The maximum absolute atomic E-state index is 13.7. The minimum atomic E-state index is -4.36. The van der Waals surface area contributed by atoms with Gasteiger partial charge in [-0.25, -0.2) is 13.9 Å². The lowest BCUT2D eigenvalue weighted by Crippen LogP contribution is -2.28. The fourth-order valence-electron chi connectivity index (χ4n) is 2.04. The van der Waals surface area contributed by atoms with Crippen molar-refractivity contribution in [3.05, 3.63) is 23.8 Å². The fourth-order valence-corrected chi connectivity index (χ4v) is 2.04. The molecule has 0 saturated carbocycles. The summed E-state index contributed by atoms with van der Waals surface area (Å²) in [5, 5.41) is 3.77. The minimum Gasteiger partial charge on any atom is -0.367 e. The van der Waals surface area contributed by atoms with Crippen molar-refractivity contribution in [2.75, 3.05) is 5.73 Å². The SMILES string of the molecule is CC(C)(CC(F)(F)F)c1cc(F)c2cnc(N)nn12. The first-order chi connectivity index (χ1) is 8.60. The van der Waals surface area contributed by atoms with E-state index in [4.69, 9.17) is 5.73 Å². The van der Waals surface area contributed by atoms with Crippen molar-refractivity contribution in [3.8, 4) is 0 Å². The summed E-state index contributed by atoms with van der Waals surface area (Å²) < 4.78 is 52.4. The molecule has 0 aliphatic rings. The molecule has 0 radical (unpaired) electrons. The van der Waals surface area contributed by atoms with Crippen LogP contribution in [0.5, 0.6) is 0 Å². The predicted molar refractivity (Wildman–Crippen MR) is 61.1 cm³/mol. The molecule has 2 N–H and O–H groups in total. The third-order valence-electron chi connectivity index (χ3n) is 2.82. The van der Waals surface area contributed by atoms with Gasteiger partial charge < -0.3 is 5.73 Å². The molecule has 2 heterocycles. The Bertz CT molecular complexity index is 615. The number of aromatic nitrogens is 3. The minimum absolute atomic E-state index is 0.000510. The number of nitrogen functional groups attached to an aromatic ring is 1. The molecule has 0 saturated heterocycles. The van der Waals surface area contributed by atoms with Gasteiger partial charge in [-0.2, -0.15) is 13.2 Å². The molecule has 4 nitrogen and oxygen atoms in total. The first-order valence-electron chi connectivity index (χ1n) is 5.47. The summed E-state index contributed by atoms with van der Waals surface area (Å²) in [5.41, 5.74) is 4.16. The Morgan fingerprint density at radius 3 is 2.53 bits per heavy atom.